The highest BCUT2D eigenvalue weighted by molar-refractivity contribution is 5.33. The minimum atomic E-state index is 0.291. The summed E-state index contributed by atoms with van der Waals surface area (Å²) in [6.07, 6.45) is 3.81. The molecule has 0 aliphatic heterocycles. The summed E-state index contributed by atoms with van der Waals surface area (Å²) in [5.74, 6) is 0. The number of aryl methyl sites for hydroxylation is 1. The molecule has 0 atom stereocenters. The first-order valence-electron chi connectivity index (χ1n) is 5.05. The lowest BCUT2D eigenvalue weighted by Crippen LogP contribution is -2.23. The van der Waals surface area contributed by atoms with E-state index in [1.165, 1.54) is 36.2 Å². The van der Waals surface area contributed by atoms with Gasteiger partial charge in [-0.2, -0.15) is 5.10 Å². The fourth-order valence-corrected chi connectivity index (χ4v) is 2.32. The Bertz CT molecular complexity index is 334. The van der Waals surface area contributed by atoms with Crippen LogP contribution in [-0.2, 0) is 18.9 Å². The monoisotopic (exact) mass is 178 g/mol. The normalized spacial score (nSPS) is 20.0. The lowest BCUT2D eigenvalue weighted by Gasteiger charge is -2.28. The average molecular weight is 178 g/mol. The van der Waals surface area contributed by atoms with Crippen LogP contribution in [0, 0.1) is 6.92 Å². The van der Waals surface area contributed by atoms with Gasteiger partial charge in [-0.25, -0.2) is 0 Å². The lowest BCUT2D eigenvalue weighted by molar-refractivity contribution is 0.417. The standard InChI is InChI=1S/C11H18N2/c1-8-9-6-5-7-11(2,3)10(9)12-13(8)4/h5-7H2,1-4H3. The molecule has 0 amide bonds. The van der Waals surface area contributed by atoms with E-state index in [9.17, 15) is 0 Å². The van der Waals surface area contributed by atoms with Gasteiger partial charge in [0.25, 0.3) is 0 Å². The van der Waals surface area contributed by atoms with E-state index in [1.807, 2.05) is 11.7 Å². The Morgan fingerprint density at radius 2 is 2.08 bits per heavy atom. The predicted octanol–water partition coefficient (Wildman–Crippen LogP) is 2.34. The molecule has 0 unspecified atom stereocenters. The van der Waals surface area contributed by atoms with Crippen LogP contribution < -0.4 is 0 Å². The SMILES string of the molecule is Cc1c2c(nn1C)C(C)(C)CCC2. The van der Waals surface area contributed by atoms with Gasteiger partial charge in [-0.05, 0) is 31.7 Å². The first-order valence-corrected chi connectivity index (χ1v) is 5.05. The van der Waals surface area contributed by atoms with Gasteiger partial charge in [0.15, 0.2) is 0 Å². The van der Waals surface area contributed by atoms with Crippen LogP contribution in [0.25, 0.3) is 0 Å². The quantitative estimate of drug-likeness (QED) is 0.596. The molecule has 0 radical (unpaired) electrons. The van der Waals surface area contributed by atoms with Gasteiger partial charge in [0.2, 0.25) is 0 Å². The summed E-state index contributed by atoms with van der Waals surface area (Å²) in [5, 5.41) is 4.62. The highest BCUT2D eigenvalue weighted by atomic mass is 15.3. The van der Waals surface area contributed by atoms with Crippen LogP contribution in [0.4, 0.5) is 0 Å². The van der Waals surface area contributed by atoms with Crippen molar-refractivity contribution in [2.45, 2.75) is 45.4 Å². The van der Waals surface area contributed by atoms with Crippen molar-refractivity contribution >= 4 is 0 Å². The van der Waals surface area contributed by atoms with Crippen molar-refractivity contribution in [3.8, 4) is 0 Å². The maximum Gasteiger partial charge on any atom is 0.0715 e. The molecule has 0 aromatic carbocycles. The van der Waals surface area contributed by atoms with Gasteiger partial charge >= 0.3 is 0 Å². The Balaban J connectivity index is 2.59. The first-order chi connectivity index (χ1) is 6.02. The van der Waals surface area contributed by atoms with Gasteiger partial charge in [0, 0.05) is 18.2 Å². The van der Waals surface area contributed by atoms with Crippen molar-refractivity contribution in [2.75, 3.05) is 0 Å². The van der Waals surface area contributed by atoms with E-state index in [0.29, 0.717) is 5.41 Å². The molecule has 0 saturated carbocycles. The molecule has 1 aromatic heterocycles. The summed E-state index contributed by atoms with van der Waals surface area (Å²) >= 11 is 0. The zero-order valence-electron chi connectivity index (χ0n) is 9.02. The summed E-state index contributed by atoms with van der Waals surface area (Å²) in [6, 6.07) is 0. The molecule has 0 spiro atoms. The zero-order chi connectivity index (χ0) is 9.64. The molecular formula is C11H18N2. The van der Waals surface area contributed by atoms with Gasteiger partial charge in [-0.3, -0.25) is 4.68 Å². The third-order valence-corrected chi connectivity index (χ3v) is 3.33. The van der Waals surface area contributed by atoms with Crippen LogP contribution >= 0.6 is 0 Å². The second-order valence-corrected chi connectivity index (χ2v) is 4.77. The molecule has 0 saturated heterocycles. The molecule has 0 fully saturated rings. The smallest absolute Gasteiger partial charge is 0.0715 e. The Kier molecular flexibility index (Phi) is 1.76. The average Bonchev–Trinajstić information content (AvgIpc) is 2.32. The molecule has 1 heterocycles. The molecule has 1 aliphatic rings. The highest BCUT2D eigenvalue weighted by Gasteiger charge is 2.31. The van der Waals surface area contributed by atoms with Crippen molar-refractivity contribution < 1.29 is 0 Å². The van der Waals surface area contributed by atoms with E-state index in [1.54, 1.807) is 0 Å². The Morgan fingerprint density at radius 1 is 1.38 bits per heavy atom. The molecule has 13 heavy (non-hydrogen) atoms. The largest absolute Gasteiger partial charge is 0.272 e. The number of nitrogens with zero attached hydrogens (tertiary/aromatic N) is 2. The summed E-state index contributed by atoms with van der Waals surface area (Å²) < 4.78 is 2.03. The van der Waals surface area contributed by atoms with E-state index in [4.69, 9.17) is 0 Å². The summed E-state index contributed by atoms with van der Waals surface area (Å²) in [6.45, 7) is 6.78. The van der Waals surface area contributed by atoms with Gasteiger partial charge in [0.05, 0.1) is 5.69 Å². The van der Waals surface area contributed by atoms with Crippen LogP contribution in [0.3, 0.4) is 0 Å². The number of hydrogen-bond donors (Lipinski definition) is 0. The van der Waals surface area contributed by atoms with E-state index >= 15 is 0 Å². The van der Waals surface area contributed by atoms with E-state index in [0.717, 1.165) is 0 Å². The van der Waals surface area contributed by atoms with Crippen LogP contribution in [0.5, 0.6) is 0 Å². The molecule has 1 aromatic rings. The lowest BCUT2D eigenvalue weighted by atomic mass is 9.76. The highest BCUT2D eigenvalue weighted by Crippen LogP contribution is 2.36. The zero-order valence-corrected chi connectivity index (χ0v) is 9.02. The van der Waals surface area contributed by atoms with Crippen LogP contribution in [0.1, 0.15) is 43.6 Å². The van der Waals surface area contributed by atoms with Gasteiger partial charge in [-0.15, -0.1) is 0 Å². The molecule has 2 heteroatoms. The first kappa shape index (κ1) is 8.79. The van der Waals surface area contributed by atoms with Gasteiger partial charge < -0.3 is 0 Å². The second-order valence-electron chi connectivity index (χ2n) is 4.77. The molecule has 0 N–H and O–H groups in total. The van der Waals surface area contributed by atoms with E-state index in [-0.39, 0.29) is 0 Å². The molecule has 1 aliphatic carbocycles. The third kappa shape index (κ3) is 1.19. The summed E-state index contributed by atoms with van der Waals surface area (Å²) in [4.78, 5) is 0. The molecule has 0 bridgehead atoms. The maximum absolute atomic E-state index is 4.62. The van der Waals surface area contributed by atoms with Gasteiger partial charge in [0.1, 0.15) is 0 Å². The minimum absolute atomic E-state index is 0.291. The number of fused-ring (bicyclic) bond motifs is 1. The van der Waals surface area contributed by atoms with E-state index in [2.05, 4.69) is 25.9 Å². The fraction of sp³-hybridized carbons (Fsp3) is 0.727. The van der Waals surface area contributed by atoms with E-state index < -0.39 is 0 Å². The second kappa shape index (κ2) is 2.60. The van der Waals surface area contributed by atoms with Gasteiger partial charge in [-0.1, -0.05) is 13.8 Å². The molecule has 72 valence electrons. The summed E-state index contributed by atoms with van der Waals surface area (Å²) in [5.41, 5.74) is 4.47. The Labute approximate surface area is 80.0 Å². The molecule has 2 nitrogen and oxygen atoms in total. The number of aromatic nitrogens is 2. The fourth-order valence-electron chi connectivity index (χ4n) is 2.32. The van der Waals surface area contributed by atoms with Crippen molar-refractivity contribution in [1.82, 2.24) is 9.78 Å². The molecule has 2 rings (SSSR count). The topological polar surface area (TPSA) is 17.8 Å². The third-order valence-electron chi connectivity index (χ3n) is 3.33. The maximum atomic E-state index is 4.62. The Morgan fingerprint density at radius 3 is 2.69 bits per heavy atom. The Hall–Kier alpha value is -0.790. The van der Waals surface area contributed by atoms with Crippen molar-refractivity contribution in [3.05, 3.63) is 17.0 Å². The summed E-state index contributed by atoms with van der Waals surface area (Å²) in [7, 11) is 2.05. The number of hydrogen-bond acceptors (Lipinski definition) is 1. The van der Waals surface area contributed by atoms with Crippen molar-refractivity contribution in [2.24, 2.45) is 7.05 Å². The number of rotatable bonds is 0. The van der Waals surface area contributed by atoms with Crippen LogP contribution in [0.15, 0.2) is 0 Å². The van der Waals surface area contributed by atoms with Crippen molar-refractivity contribution in [3.63, 3.8) is 0 Å². The molecular weight excluding hydrogens is 160 g/mol. The van der Waals surface area contributed by atoms with Crippen molar-refractivity contribution in [1.29, 1.82) is 0 Å². The van der Waals surface area contributed by atoms with Crippen LogP contribution in [-0.4, -0.2) is 9.78 Å². The minimum Gasteiger partial charge on any atom is -0.272 e. The predicted molar refractivity (Wildman–Crippen MR) is 53.9 cm³/mol. The van der Waals surface area contributed by atoms with Crippen LogP contribution in [0.2, 0.25) is 0 Å².